The highest BCUT2D eigenvalue weighted by atomic mass is 16.5. The predicted octanol–water partition coefficient (Wildman–Crippen LogP) is 1.83. The number of carbonyl (C=O) groups is 1. The van der Waals surface area contributed by atoms with Crippen molar-refractivity contribution in [2.45, 2.75) is 26.4 Å². The zero-order valence-electron chi connectivity index (χ0n) is 14.2. The summed E-state index contributed by atoms with van der Waals surface area (Å²) in [6.07, 6.45) is 1.91. The minimum atomic E-state index is -0.376. The molecule has 1 aromatic heterocycles. The van der Waals surface area contributed by atoms with E-state index in [1.54, 1.807) is 11.6 Å². The summed E-state index contributed by atoms with van der Waals surface area (Å²) >= 11 is 0. The number of para-hydroxylation sites is 1. The molecule has 0 bridgehead atoms. The first-order chi connectivity index (χ1) is 11.6. The van der Waals surface area contributed by atoms with Crippen LogP contribution in [0.5, 0.6) is 0 Å². The highest BCUT2D eigenvalue weighted by molar-refractivity contribution is 5.88. The maximum atomic E-state index is 12.3. The Morgan fingerprint density at radius 1 is 1.33 bits per heavy atom. The number of rotatable bonds is 5. The van der Waals surface area contributed by atoms with Crippen molar-refractivity contribution in [2.75, 3.05) is 19.7 Å². The molecule has 0 radical (unpaired) electrons. The standard InChI is InChI=1S/C18H24N4O2/c1-3-24-18(23)17-14(10-21-9-13(2)16(19)12-21)11-22(20-17)15-7-5-4-6-8-15/h4-8,11,13,16H,3,9-10,12,19H2,1-2H3. The highest BCUT2D eigenvalue weighted by Gasteiger charge is 2.28. The number of nitrogens with zero attached hydrogens (tertiary/aromatic N) is 3. The molecule has 2 N–H and O–H groups in total. The van der Waals surface area contributed by atoms with Crippen LogP contribution < -0.4 is 5.73 Å². The average molecular weight is 328 g/mol. The first-order valence-corrected chi connectivity index (χ1v) is 8.37. The molecule has 0 amide bonds. The van der Waals surface area contributed by atoms with Crippen molar-refractivity contribution in [3.05, 3.63) is 47.8 Å². The van der Waals surface area contributed by atoms with Gasteiger partial charge in [0.05, 0.1) is 12.3 Å². The van der Waals surface area contributed by atoms with Crippen LogP contribution in [0.2, 0.25) is 0 Å². The van der Waals surface area contributed by atoms with Crippen molar-refractivity contribution in [3.63, 3.8) is 0 Å². The molecule has 6 nitrogen and oxygen atoms in total. The summed E-state index contributed by atoms with van der Waals surface area (Å²) in [5.74, 6) is 0.0823. The van der Waals surface area contributed by atoms with Crippen LogP contribution in [0.15, 0.2) is 36.5 Å². The number of aromatic nitrogens is 2. The zero-order valence-corrected chi connectivity index (χ0v) is 14.2. The smallest absolute Gasteiger partial charge is 0.359 e. The molecule has 2 atom stereocenters. The van der Waals surface area contributed by atoms with Crippen molar-refractivity contribution in [2.24, 2.45) is 11.7 Å². The lowest BCUT2D eigenvalue weighted by molar-refractivity contribution is 0.0516. The Morgan fingerprint density at radius 2 is 2.08 bits per heavy atom. The fraction of sp³-hybridized carbons (Fsp3) is 0.444. The van der Waals surface area contributed by atoms with Crippen molar-refractivity contribution in [1.29, 1.82) is 0 Å². The summed E-state index contributed by atoms with van der Waals surface area (Å²) in [4.78, 5) is 14.5. The van der Waals surface area contributed by atoms with E-state index in [-0.39, 0.29) is 12.0 Å². The second-order valence-electron chi connectivity index (χ2n) is 6.34. The Kier molecular flexibility index (Phi) is 4.97. The Hall–Kier alpha value is -2.18. The minimum absolute atomic E-state index is 0.181. The molecule has 2 unspecified atom stereocenters. The number of benzene rings is 1. The molecule has 128 valence electrons. The largest absolute Gasteiger partial charge is 0.461 e. The second kappa shape index (κ2) is 7.15. The molecular weight excluding hydrogens is 304 g/mol. The van der Waals surface area contributed by atoms with Crippen molar-refractivity contribution in [1.82, 2.24) is 14.7 Å². The van der Waals surface area contributed by atoms with E-state index in [4.69, 9.17) is 10.5 Å². The molecule has 1 aromatic carbocycles. The van der Waals surface area contributed by atoms with Crippen LogP contribution in [-0.2, 0) is 11.3 Å². The third-order valence-electron chi connectivity index (χ3n) is 4.42. The van der Waals surface area contributed by atoms with Gasteiger partial charge in [0.15, 0.2) is 5.69 Å². The van der Waals surface area contributed by atoms with Gasteiger partial charge in [0.25, 0.3) is 0 Å². The van der Waals surface area contributed by atoms with Crippen molar-refractivity contribution >= 4 is 5.97 Å². The molecule has 1 saturated heterocycles. The first-order valence-electron chi connectivity index (χ1n) is 8.37. The molecule has 1 aliphatic heterocycles. The lowest BCUT2D eigenvalue weighted by atomic mass is 10.1. The average Bonchev–Trinajstić information content (AvgIpc) is 3.13. The van der Waals surface area contributed by atoms with E-state index in [2.05, 4.69) is 16.9 Å². The molecule has 0 aliphatic carbocycles. The van der Waals surface area contributed by atoms with Gasteiger partial charge in [0.2, 0.25) is 0 Å². The lowest BCUT2D eigenvalue weighted by Crippen LogP contribution is -2.28. The van der Waals surface area contributed by atoms with Crippen LogP contribution in [0.3, 0.4) is 0 Å². The summed E-state index contributed by atoms with van der Waals surface area (Å²) in [6.45, 7) is 6.71. The Balaban J connectivity index is 1.88. The third kappa shape index (κ3) is 3.49. The quantitative estimate of drug-likeness (QED) is 0.848. The molecule has 6 heteroatoms. The summed E-state index contributed by atoms with van der Waals surface area (Å²) in [7, 11) is 0. The van der Waals surface area contributed by atoms with Gasteiger partial charge >= 0.3 is 5.97 Å². The molecule has 2 aromatic rings. The number of carbonyl (C=O) groups excluding carboxylic acids is 1. The maximum absolute atomic E-state index is 12.3. The Bertz CT molecular complexity index is 688. The highest BCUT2D eigenvalue weighted by Crippen LogP contribution is 2.20. The molecule has 24 heavy (non-hydrogen) atoms. The molecule has 3 rings (SSSR count). The summed E-state index contributed by atoms with van der Waals surface area (Å²) < 4.78 is 6.90. The van der Waals surface area contributed by atoms with E-state index in [0.717, 1.165) is 24.3 Å². The lowest BCUT2D eigenvalue weighted by Gasteiger charge is -2.14. The van der Waals surface area contributed by atoms with E-state index >= 15 is 0 Å². The molecule has 0 saturated carbocycles. The zero-order chi connectivity index (χ0) is 17.1. The number of hydrogen-bond donors (Lipinski definition) is 1. The SMILES string of the molecule is CCOC(=O)c1nn(-c2ccccc2)cc1CN1CC(C)C(N)C1. The van der Waals surface area contributed by atoms with Gasteiger partial charge in [-0.25, -0.2) is 9.48 Å². The monoisotopic (exact) mass is 328 g/mol. The molecule has 2 heterocycles. The fourth-order valence-corrected chi connectivity index (χ4v) is 3.07. The summed E-state index contributed by atoms with van der Waals surface area (Å²) in [6, 6.07) is 9.94. The Labute approximate surface area is 142 Å². The number of hydrogen-bond acceptors (Lipinski definition) is 5. The van der Waals surface area contributed by atoms with Gasteiger partial charge in [-0.05, 0) is 25.0 Å². The topological polar surface area (TPSA) is 73.4 Å². The Morgan fingerprint density at radius 3 is 2.71 bits per heavy atom. The van der Waals surface area contributed by atoms with E-state index in [0.29, 0.717) is 24.8 Å². The number of likely N-dealkylation sites (tertiary alicyclic amines) is 1. The maximum Gasteiger partial charge on any atom is 0.359 e. The predicted molar refractivity (Wildman–Crippen MR) is 91.9 cm³/mol. The van der Waals surface area contributed by atoms with Gasteiger partial charge in [0.1, 0.15) is 0 Å². The van der Waals surface area contributed by atoms with Crippen LogP contribution in [0.25, 0.3) is 5.69 Å². The van der Waals surface area contributed by atoms with E-state index < -0.39 is 0 Å². The van der Waals surface area contributed by atoms with Crippen molar-refractivity contribution < 1.29 is 9.53 Å². The van der Waals surface area contributed by atoms with Gasteiger partial charge in [-0.15, -0.1) is 0 Å². The molecule has 0 spiro atoms. The van der Waals surface area contributed by atoms with E-state index in [1.807, 2.05) is 36.5 Å². The summed E-state index contributed by atoms with van der Waals surface area (Å²) in [5, 5.41) is 4.46. The van der Waals surface area contributed by atoms with Gasteiger partial charge in [0, 0.05) is 37.4 Å². The van der Waals surface area contributed by atoms with Gasteiger partial charge in [-0.2, -0.15) is 5.10 Å². The van der Waals surface area contributed by atoms with Crippen LogP contribution in [0, 0.1) is 5.92 Å². The fourth-order valence-electron chi connectivity index (χ4n) is 3.07. The minimum Gasteiger partial charge on any atom is -0.461 e. The van der Waals surface area contributed by atoms with Crippen LogP contribution >= 0.6 is 0 Å². The number of ether oxygens (including phenoxy) is 1. The third-order valence-corrected chi connectivity index (χ3v) is 4.42. The van der Waals surface area contributed by atoms with E-state index in [9.17, 15) is 4.79 Å². The van der Waals surface area contributed by atoms with Crippen LogP contribution in [0.1, 0.15) is 29.9 Å². The van der Waals surface area contributed by atoms with Crippen molar-refractivity contribution in [3.8, 4) is 5.69 Å². The molecule has 1 aliphatic rings. The molecular formula is C18H24N4O2. The van der Waals surface area contributed by atoms with Crippen LogP contribution in [0.4, 0.5) is 0 Å². The van der Waals surface area contributed by atoms with Crippen LogP contribution in [-0.4, -0.2) is 46.4 Å². The summed E-state index contributed by atoms with van der Waals surface area (Å²) in [5.41, 5.74) is 8.28. The van der Waals surface area contributed by atoms with Gasteiger partial charge in [-0.3, -0.25) is 4.90 Å². The van der Waals surface area contributed by atoms with Gasteiger partial charge in [-0.1, -0.05) is 25.1 Å². The van der Waals surface area contributed by atoms with Gasteiger partial charge < -0.3 is 10.5 Å². The molecule has 1 fully saturated rings. The van der Waals surface area contributed by atoms with E-state index in [1.165, 1.54) is 0 Å². The second-order valence-corrected chi connectivity index (χ2v) is 6.34. The normalized spacial score (nSPS) is 21.1. The number of esters is 1. The first kappa shape index (κ1) is 16.7. The number of nitrogens with two attached hydrogens (primary N) is 1.